The molecule has 24 heavy (non-hydrogen) atoms. The van der Waals surface area contributed by atoms with Gasteiger partial charge in [0.25, 0.3) is 0 Å². The van der Waals surface area contributed by atoms with Crippen molar-refractivity contribution in [3.05, 3.63) is 28.3 Å². The monoisotopic (exact) mass is 358 g/mol. The Bertz CT molecular complexity index is 539. The van der Waals surface area contributed by atoms with E-state index in [9.17, 15) is 0 Å². The molecular weight excluding hydrogens is 336 g/mol. The summed E-state index contributed by atoms with van der Waals surface area (Å²) >= 11 is 6.01. The first-order chi connectivity index (χ1) is 11.3. The summed E-state index contributed by atoms with van der Waals surface area (Å²) in [6, 6.07) is 3.91. The van der Waals surface area contributed by atoms with Crippen molar-refractivity contribution >= 4 is 23.5 Å². The average Bonchev–Trinajstić information content (AvgIpc) is 2.51. The first-order valence-electron chi connectivity index (χ1n) is 7.60. The number of hydrogen-bond acceptors (Lipinski definition) is 5. The third-order valence-electron chi connectivity index (χ3n) is 3.47. The Morgan fingerprint density at radius 2 is 1.67 bits per heavy atom. The second kappa shape index (κ2) is 10.1. The molecule has 134 valence electrons. The predicted octanol–water partition coefficient (Wildman–Crippen LogP) is 1.40. The van der Waals surface area contributed by atoms with E-state index in [1.807, 2.05) is 26.0 Å². The van der Waals surface area contributed by atoms with Gasteiger partial charge in [-0.05, 0) is 37.1 Å². The zero-order valence-corrected chi connectivity index (χ0v) is 14.6. The number of aryl methyl sites for hydroxylation is 2. The van der Waals surface area contributed by atoms with Crippen molar-refractivity contribution in [3.63, 3.8) is 0 Å². The van der Waals surface area contributed by atoms with E-state index in [4.69, 9.17) is 36.1 Å². The number of halogens is 1. The number of carboxylic acids is 2. The lowest BCUT2D eigenvalue weighted by Crippen LogP contribution is -2.44. The number of carbonyl (C=O) groups is 2. The van der Waals surface area contributed by atoms with E-state index in [0.29, 0.717) is 0 Å². The van der Waals surface area contributed by atoms with Crippen LogP contribution < -0.4 is 10.1 Å². The highest BCUT2D eigenvalue weighted by Crippen LogP contribution is 2.26. The predicted molar refractivity (Wildman–Crippen MR) is 91.0 cm³/mol. The fourth-order valence-electron chi connectivity index (χ4n) is 2.34. The number of nitrogens with zero attached hydrogens (tertiary/aromatic N) is 1. The van der Waals surface area contributed by atoms with Crippen LogP contribution in [0.5, 0.6) is 5.75 Å². The topological polar surface area (TPSA) is 99.1 Å². The number of benzene rings is 1. The number of ether oxygens (including phenoxy) is 1. The molecular formula is C16H23ClN2O5. The highest BCUT2D eigenvalue weighted by Gasteiger charge is 2.10. The lowest BCUT2D eigenvalue weighted by Gasteiger charge is -2.27. The SMILES string of the molecule is Cc1cc(Cl)cc(C)c1OCCN1CCNCC1.O=C(O)C(=O)O. The zero-order chi connectivity index (χ0) is 18.1. The summed E-state index contributed by atoms with van der Waals surface area (Å²) in [6.07, 6.45) is 0. The molecule has 1 heterocycles. The van der Waals surface area contributed by atoms with Gasteiger partial charge in [-0.15, -0.1) is 0 Å². The molecule has 1 aliphatic rings. The zero-order valence-electron chi connectivity index (χ0n) is 13.8. The van der Waals surface area contributed by atoms with Gasteiger partial charge >= 0.3 is 11.9 Å². The van der Waals surface area contributed by atoms with Gasteiger partial charge in [0.05, 0.1) is 0 Å². The summed E-state index contributed by atoms with van der Waals surface area (Å²) in [5.41, 5.74) is 2.22. The van der Waals surface area contributed by atoms with E-state index < -0.39 is 11.9 Å². The number of carboxylic acid groups (broad SMARTS) is 2. The van der Waals surface area contributed by atoms with Crippen LogP contribution in [0.25, 0.3) is 0 Å². The molecule has 1 fully saturated rings. The molecule has 0 saturated carbocycles. The van der Waals surface area contributed by atoms with Crippen LogP contribution in [0.3, 0.4) is 0 Å². The average molecular weight is 359 g/mol. The van der Waals surface area contributed by atoms with Gasteiger partial charge in [0.2, 0.25) is 0 Å². The van der Waals surface area contributed by atoms with Crippen LogP contribution in [-0.2, 0) is 9.59 Å². The van der Waals surface area contributed by atoms with Crippen LogP contribution in [0.15, 0.2) is 12.1 Å². The molecule has 0 aromatic heterocycles. The maximum absolute atomic E-state index is 9.10. The van der Waals surface area contributed by atoms with Gasteiger partial charge in [-0.3, -0.25) is 4.90 Å². The molecule has 7 nitrogen and oxygen atoms in total. The number of piperazine rings is 1. The fraction of sp³-hybridized carbons (Fsp3) is 0.500. The maximum atomic E-state index is 9.10. The Hall–Kier alpha value is -1.83. The smallest absolute Gasteiger partial charge is 0.414 e. The summed E-state index contributed by atoms with van der Waals surface area (Å²) in [4.78, 5) is 20.6. The van der Waals surface area contributed by atoms with E-state index in [1.165, 1.54) is 0 Å². The molecule has 1 aromatic carbocycles. The number of aliphatic carboxylic acids is 2. The fourth-order valence-corrected chi connectivity index (χ4v) is 2.66. The second-order valence-electron chi connectivity index (χ2n) is 5.42. The van der Waals surface area contributed by atoms with Gasteiger partial charge in [0, 0.05) is 37.7 Å². The second-order valence-corrected chi connectivity index (χ2v) is 5.86. The minimum Gasteiger partial charge on any atom is -0.492 e. The van der Waals surface area contributed by atoms with Crippen molar-refractivity contribution in [3.8, 4) is 5.75 Å². The molecule has 0 amide bonds. The molecule has 0 atom stereocenters. The van der Waals surface area contributed by atoms with Crippen molar-refractivity contribution in [2.24, 2.45) is 0 Å². The number of rotatable bonds is 4. The molecule has 0 unspecified atom stereocenters. The highest BCUT2D eigenvalue weighted by atomic mass is 35.5. The molecule has 0 aliphatic carbocycles. The Labute approximate surface area is 146 Å². The van der Waals surface area contributed by atoms with Crippen molar-refractivity contribution < 1.29 is 24.5 Å². The largest absolute Gasteiger partial charge is 0.492 e. The van der Waals surface area contributed by atoms with Gasteiger partial charge in [-0.25, -0.2) is 9.59 Å². The summed E-state index contributed by atoms with van der Waals surface area (Å²) in [5.74, 6) is -2.67. The summed E-state index contributed by atoms with van der Waals surface area (Å²) in [7, 11) is 0. The van der Waals surface area contributed by atoms with Crippen LogP contribution in [0.4, 0.5) is 0 Å². The van der Waals surface area contributed by atoms with E-state index in [1.54, 1.807) is 0 Å². The van der Waals surface area contributed by atoms with E-state index in [2.05, 4.69) is 10.2 Å². The van der Waals surface area contributed by atoms with Gasteiger partial charge in [0.1, 0.15) is 12.4 Å². The molecule has 3 N–H and O–H groups in total. The first kappa shape index (κ1) is 20.2. The van der Waals surface area contributed by atoms with Crippen molar-refractivity contribution in [1.29, 1.82) is 0 Å². The minimum absolute atomic E-state index is 0.739. The normalized spacial score (nSPS) is 14.5. The van der Waals surface area contributed by atoms with Gasteiger partial charge in [-0.2, -0.15) is 0 Å². The Morgan fingerprint density at radius 1 is 1.17 bits per heavy atom. The molecule has 0 bridgehead atoms. The molecule has 1 aromatic rings. The third-order valence-corrected chi connectivity index (χ3v) is 3.69. The quantitative estimate of drug-likeness (QED) is 0.699. The lowest BCUT2D eigenvalue weighted by atomic mass is 10.1. The molecule has 0 radical (unpaired) electrons. The molecule has 1 saturated heterocycles. The Balaban J connectivity index is 0.000000413. The third kappa shape index (κ3) is 7.16. The maximum Gasteiger partial charge on any atom is 0.414 e. The van der Waals surface area contributed by atoms with E-state index in [0.717, 1.165) is 61.2 Å². The van der Waals surface area contributed by atoms with Crippen LogP contribution in [0, 0.1) is 13.8 Å². The Kier molecular flexibility index (Phi) is 8.53. The minimum atomic E-state index is -1.82. The van der Waals surface area contributed by atoms with E-state index >= 15 is 0 Å². The highest BCUT2D eigenvalue weighted by molar-refractivity contribution is 6.30. The van der Waals surface area contributed by atoms with Crippen molar-refractivity contribution in [2.45, 2.75) is 13.8 Å². The molecule has 2 rings (SSSR count). The summed E-state index contributed by atoms with van der Waals surface area (Å²) in [6.45, 7) is 10.2. The molecule has 1 aliphatic heterocycles. The summed E-state index contributed by atoms with van der Waals surface area (Å²) in [5, 5.41) is 18.9. The molecule has 8 heteroatoms. The van der Waals surface area contributed by atoms with Crippen LogP contribution in [-0.4, -0.2) is 66.4 Å². The van der Waals surface area contributed by atoms with Gasteiger partial charge in [0.15, 0.2) is 0 Å². The van der Waals surface area contributed by atoms with Crippen LogP contribution in [0.1, 0.15) is 11.1 Å². The van der Waals surface area contributed by atoms with E-state index in [-0.39, 0.29) is 0 Å². The lowest BCUT2D eigenvalue weighted by molar-refractivity contribution is -0.159. The van der Waals surface area contributed by atoms with Crippen molar-refractivity contribution in [1.82, 2.24) is 10.2 Å². The molecule has 0 spiro atoms. The number of nitrogens with one attached hydrogen (secondary N) is 1. The Morgan fingerprint density at radius 3 is 2.12 bits per heavy atom. The van der Waals surface area contributed by atoms with Gasteiger partial charge in [-0.1, -0.05) is 11.6 Å². The van der Waals surface area contributed by atoms with Crippen molar-refractivity contribution in [2.75, 3.05) is 39.3 Å². The number of hydrogen-bond donors (Lipinski definition) is 3. The first-order valence-corrected chi connectivity index (χ1v) is 7.98. The van der Waals surface area contributed by atoms with Gasteiger partial charge < -0.3 is 20.3 Å². The summed E-state index contributed by atoms with van der Waals surface area (Å²) < 4.78 is 5.90. The van der Waals surface area contributed by atoms with Crippen LogP contribution >= 0.6 is 11.6 Å². The van der Waals surface area contributed by atoms with Crippen LogP contribution in [0.2, 0.25) is 5.02 Å². The standard InChI is InChI=1S/C14H21ClN2O.C2H2O4/c1-11-9-13(15)10-12(2)14(11)18-8-7-17-5-3-16-4-6-17;3-1(4)2(5)6/h9-10,16H,3-8H2,1-2H3;(H,3,4)(H,5,6).